The molecule has 0 atom stereocenters. The molecule has 0 unspecified atom stereocenters. The van der Waals surface area contributed by atoms with Crippen molar-refractivity contribution >= 4 is 5.91 Å². The quantitative estimate of drug-likeness (QED) is 0.259. The van der Waals surface area contributed by atoms with E-state index >= 15 is 0 Å². The maximum Gasteiger partial charge on any atom is 0.421 e. The molecule has 0 aromatic heterocycles. The zero-order valence-electron chi connectivity index (χ0n) is 5.70. The standard InChI is InChI=1S/C5H7F3N2O/c1-2-3(4(11)10-9)5(6,7)8/h2H,9H2,1H3,(H,10,11)/b3-2+. The zero-order valence-corrected chi connectivity index (χ0v) is 5.70. The van der Waals surface area contributed by atoms with E-state index in [1.165, 1.54) is 5.43 Å². The molecule has 11 heavy (non-hydrogen) atoms. The molecular weight excluding hydrogens is 161 g/mol. The summed E-state index contributed by atoms with van der Waals surface area (Å²) in [6, 6.07) is 0. The number of carbonyl (C=O) groups excluding carboxylic acids is 1. The summed E-state index contributed by atoms with van der Waals surface area (Å²) >= 11 is 0. The third-order valence-electron chi connectivity index (χ3n) is 0.970. The Balaban J connectivity index is 4.58. The zero-order chi connectivity index (χ0) is 9.07. The van der Waals surface area contributed by atoms with Gasteiger partial charge < -0.3 is 0 Å². The van der Waals surface area contributed by atoms with E-state index in [1.807, 2.05) is 0 Å². The molecule has 0 aliphatic heterocycles. The first-order valence-electron chi connectivity index (χ1n) is 2.68. The van der Waals surface area contributed by atoms with E-state index in [-0.39, 0.29) is 0 Å². The fourth-order valence-corrected chi connectivity index (χ4v) is 0.501. The molecule has 0 aliphatic rings. The maximum absolute atomic E-state index is 11.8. The van der Waals surface area contributed by atoms with Crippen LogP contribution in [0, 0.1) is 0 Å². The Morgan fingerprint density at radius 3 is 2.09 bits per heavy atom. The minimum atomic E-state index is -4.64. The number of hydrazine groups is 1. The fraction of sp³-hybridized carbons (Fsp3) is 0.400. The van der Waals surface area contributed by atoms with Crippen molar-refractivity contribution in [1.82, 2.24) is 5.43 Å². The van der Waals surface area contributed by atoms with Crippen molar-refractivity contribution in [2.45, 2.75) is 13.1 Å². The largest absolute Gasteiger partial charge is 0.421 e. The molecule has 0 heterocycles. The number of amides is 1. The second-order valence-corrected chi connectivity index (χ2v) is 1.67. The molecule has 0 saturated heterocycles. The van der Waals surface area contributed by atoms with Gasteiger partial charge in [-0.2, -0.15) is 13.2 Å². The third-order valence-corrected chi connectivity index (χ3v) is 0.970. The average Bonchev–Trinajstić information content (AvgIpc) is 1.86. The normalized spacial score (nSPS) is 13.0. The van der Waals surface area contributed by atoms with Gasteiger partial charge in [-0.1, -0.05) is 6.08 Å². The van der Waals surface area contributed by atoms with Gasteiger partial charge in [0, 0.05) is 0 Å². The Morgan fingerprint density at radius 1 is 1.55 bits per heavy atom. The molecule has 0 aliphatic carbocycles. The van der Waals surface area contributed by atoms with Crippen LogP contribution < -0.4 is 11.3 Å². The topological polar surface area (TPSA) is 55.1 Å². The van der Waals surface area contributed by atoms with E-state index in [1.54, 1.807) is 0 Å². The number of allylic oxidation sites excluding steroid dienone is 1. The number of carbonyl (C=O) groups is 1. The third kappa shape index (κ3) is 2.58. The van der Waals surface area contributed by atoms with Crippen molar-refractivity contribution in [2.24, 2.45) is 5.84 Å². The van der Waals surface area contributed by atoms with Crippen LogP contribution >= 0.6 is 0 Å². The van der Waals surface area contributed by atoms with Crippen LogP contribution in [0.3, 0.4) is 0 Å². The summed E-state index contributed by atoms with van der Waals surface area (Å²) in [5, 5.41) is 0. The molecule has 0 rings (SSSR count). The molecule has 64 valence electrons. The van der Waals surface area contributed by atoms with Gasteiger partial charge in [-0.3, -0.25) is 10.2 Å². The average molecular weight is 168 g/mol. The van der Waals surface area contributed by atoms with E-state index in [0.29, 0.717) is 6.08 Å². The lowest BCUT2D eigenvalue weighted by molar-refractivity contribution is -0.130. The van der Waals surface area contributed by atoms with E-state index in [2.05, 4.69) is 5.84 Å². The smallest absolute Gasteiger partial charge is 0.290 e. The lowest BCUT2D eigenvalue weighted by Crippen LogP contribution is -2.36. The fourth-order valence-electron chi connectivity index (χ4n) is 0.501. The molecule has 0 radical (unpaired) electrons. The molecule has 3 nitrogen and oxygen atoms in total. The van der Waals surface area contributed by atoms with Crippen molar-refractivity contribution in [1.29, 1.82) is 0 Å². The van der Waals surface area contributed by atoms with Crippen LogP contribution in [-0.2, 0) is 4.79 Å². The van der Waals surface area contributed by atoms with Gasteiger partial charge in [0.05, 0.1) is 0 Å². The SMILES string of the molecule is C/C=C(\C(=O)NN)C(F)(F)F. The van der Waals surface area contributed by atoms with Gasteiger partial charge in [0.1, 0.15) is 5.57 Å². The Bertz CT molecular complexity index is 185. The van der Waals surface area contributed by atoms with Crippen molar-refractivity contribution in [3.63, 3.8) is 0 Å². The van der Waals surface area contributed by atoms with Crippen molar-refractivity contribution in [2.75, 3.05) is 0 Å². The highest BCUT2D eigenvalue weighted by molar-refractivity contribution is 5.94. The second-order valence-electron chi connectivity index (χ2n) is 1.67. The number of hydrogen-bond donors (Lipinski definition) is 2. The summed E-state index contributed by atoms with van der Waals surface area (Å²) in [4.78, 5) is 10.4. The van der Waals surface area contributed by atoms with Crippen LogP contribution in [0.5, 0.6) is 0 Å². The maximum atomic E-state index is 11.8. The van der Waals surface area contributed by atoms with Crippen LogP contribution in [0.2, 0.25) is 0 Å². The monoisotopic (exact) mass is 168 g/mol. The van der Waals surface area contributed by atoms with Gasteiger partial charge in [0.15, 0.2) is 0 Å². The van der Waals surface area contributed by atoms with Gasteiger partial charge in [0.2, 0.25) is 0 Å². The van der Waals surface area contributed by atoms with Crippen molar-refractivity contribution < 1.29 is 18.0 Å². The highest BCUT2D eigenvalue weighted by atomic mass is 19.4. The Labute approximate surface area is 61.0 Å². The molecule has 0 saturated carbocycles. The molecule has 0 spiro atoms. The lowest BCUT2D eigenvalue weighted by Gasteiger charge is -2.08. The summed E-state index contributed by atoms with van der Waals surface area (Å²) in [5.41, 5.74) is 0.104. The first-order valence-corrected chi connectivity index (χ1v) is 2.68. The molecule has 1 amide bonds. The lowest BCUT2D eigenvalue weighted by atomic mass is 10.2. The number of halogens is 3. The van der Waals surface area contributed by atoms with Gasteiger partial charge in [-0.05, 0) is 6.92 Å². The molecular formula is C5H7F3N2O. The van der Waals surface area contributed by atoms with Crippen molar-refractivity contribution in [3.8, 4) is 0 Å². The predicted molar refractivity (Wildman–Crippen MR) is 32.1 cm³/mol. The van der Waals surface area contributed by atoms with E-state index in [0.717, 1.165) is 6.92 Å². The molecule has 0 aromatic rings. The summed E-state index contributed by atoms with van der Waals surface area (Å²) in [7, 11) is 0. The molecule has 6 heteroatoms. The first kappa shape index (κ1) is 9.96. The van der Waals surface area contributed by atoms with Gasteiger partial charge >= 0.3 is 6.18 Å². The van der Waals surface area contributed by atoms with Crippen LogP contribution in [-0.4, -0.2) is 12.1 Å². The molecule has 0 bridgehead atoms. The van der Waals surface area contributed by atoms with Gasteiger partial charge in [-0.25, -0.2) is 5.84 Å². The first-order chi connectivity index (χ1) is 4.93. The van der Waals surface area contributed by atoms with Crippen LogP contribution in [0.1, 0.15) is 6.92 Å². The Morgan fingerprint density at radius 2 is 2.00 bits per heavy atom. The van der Waals surface area contributed by atoms with E-state index in [4.69, 9.17) is 0 Å². The highest BCUT2D eigenvalue weighted by Crippen LogP contribution is 2.24. The summed E-state index contributed by atoms with van der Waals surface area (Å²) in [5.74, 6) is 3.17. The minimum absolute atomic E-state index is 0.655. The van der Waals surface area contributed by atoms with Gasteiger partial charge in [0.25, 0.3) is 5.91 Å². The van der Waals surface area contributed by atoms with E-state index < -0.39 is 17.7 Å². The number of alkyl halides is 3. The summed E-state index contributed by atoms with van der Waals surface area (Å²) < 4.78 is 35.3. The van der Waals surface area contributed by atoms with Gasteiger partial charge in [-0.15, -0.1) is 0 Å². The molecule has 3 N–H and O–H groups in total. The molecule has 0 aromatic carbocycles. The Hall–Kier alpha value is -1.04. The second kappa shape index (κ2) is 3.38. The van der Waals surface area contributed by atoms with Crippen molar-refractivity contribution in [3.05, 3.63) is 11.6 Å². The van der Waals surface area contributed by atoms with Crippen LogP contribution in [0.15, 0.2) is 11.6 Å². The summed E-state index contributed by atoms with van der Waals surface area (Å²) in [6.45, 7) is 1.11. The number of nitrogens with one attached hydrogen (secondary N) is 1. The Kier molecular flexibility index (Phi) is 3.06. The number of nitrogens with two attached hydrogens (primary N) is 1. The van der Waals surface area contributed by atoms with Crippen LogP contribution in [0.25, 0.3) is 0 Å². The number of rotatable bonds is 1. The highest BCUT2D eigenvalue weighted by Gasteiger charge is 2.37. The predicted octanol–water partition coefficient (Wildman–Crippen LogP) is 0.485. The van der Waals surface area contributed by atoms with Crippen LogP contribution in [0.4, 0.5) is 13.2 Å². The molecule has 0 fully saturated rings. The summed E-state index contributed by atoms with van der Waals surface area (Å²) in [6.07, 6.45) is -3.99. The van der Waals surface area contributed by atoms with E-state index in [9.17, 15) is 18.0 Å². The number of hydrogen-bond acceptors (Lipinski definition) is 2. The minimum Gasteiger partial charge on any atom is -0.290 e.